The first-order chi connectivity index (χ1) is 9.53. The Morgan fingerprint density at radius 2 is 1.85 bits per heavy atom. The quantitative estimate of drug-likeness (QED) is 0.890. The van der Waals surface area contributed by atoms with Gasteiger partial charge in [-0.1, -0.05) is 30.7 Å². The molecule has 0 aliphatic rings. The summed E-state index contributed by atoms with van der Waals surface area (Å²) >= 11 is 5.93. The summed E-state index contributed by atoms with van der Waals surface area (Å²) in [5, 5.41) is 3.35. The van der Waals surface area contributed by atoms with Crippen molar-refractivity contribution in [2.75, 3.05) is 6.54 Å². The van der Waals surface area contributed by atoms with E-state index < -0.39 is 9.84 Å². The summed E-state index contributed by atoms with van der Waals surface area (Å²) in [6.45, 7) is 3.41. The molecule has 0 radical (unpaired) electrons. The third-order valence-electron chi connectivity index (χ3n) is 2.77. The highest BCUT2D eigenvalue weighted by Crippen LogP contribution is 2.24. The molecular formula is C14H16ClNO3S. The smallest absolute Gasteiger partial charge is 0.187 e. The first-order valence-corrected chi connectivity index (χ1v) is 8.31. The van der Waals surface area contributed by atoms with Crippen LogP contribution in [0.2, 0.25) is 5.02 Å². The van der Waals surface area contributed by atoms with Crippen LogP contribution in [0, 0.1) is 0 Å². The second-order valence-electron chi connectivity index (χ2n) is 4.34. The van der Waals surface area contributed by atoms with Crippen LogP contribution >= 0.6 is 11.6 Å². The Kier molecular flexibility index (Phi) is 4.86. The van der Waals surface area contributed by atoms with Crippen LogP contribution in [-0.2, 0) is 22.1 Å². The van der Waals surface area contributed by atoms with Crippen LogP contribution in [0.25, 0.3) is 0 Å². The molecule has 108 valence electrons. The molecule has 0 amide bonds. The fraction of sp³-hybridized carbons (Fsp3) is 0.286. The zero-order chi connectivity index (χ0) is 14.6. The summed E-state index contributed by atoms with van der Waals surface area (Å²) in [6, 6.07) is 9.87. The van der Waals surface area contributed by atoms with E-state index in [1.165, 1.54) is 6.07 Å². The van der Waals surface area contributed by atoms with Crippen molar-refractivity contribution in [1.29, 1.82) is 0 Å². The van der Waals surface area contributed by atoms with Gasteiger partial charge >= 0.3 is 0 Å². The molecule has 1 N–H and O–H groups in total. The zero-order valence-electron chi connectivity index (χ0n) is 11.1. The number of benzene rings is 1. The SMILES string of the molecule is CCNCc1ccc(CS(=O)(=O)c2ccccc2Cl)o1. The highest BCUT2D eigenvalue weighted by atomic mass is 35.5. The van der Waals surface area contributed by atoms with E-state index in [-0.39, 0.29) is 15.7 Å². The molecule has 0 fully saturated rings. The normalized spacial score (nSPS) is 11.7. The lowest BCUT2D eigenvalue weighted by Crippen LogP contribution is -2.10. The van der Waals surface area contributed by atoms with Gasteiger partial charge in [0.1, 0.15) is 17.3 Å². The highest BCUT2D eigenvalue weighted by molar-refractivity contribution is 7.90. The average molecular weight is 314 g/mol. The maximum absolute atomic E-state index is 12.3. The van der Waals surface area contributed by atoms with Crippen molar-refractivity contribution in [1.82, 2.24) is 5.32 Å². The summed E-state index contributed by atoms with van der Waals surface area (Å²) in [5.41, 5.74) is 0. The van der Waals surface area contributed by atoms with E-state index in [2.05, 4.69) is 5.32 Å². The Balaban J connectivity index is 2.16. The Hall–Kier alpha value is -1.30. The van der Waals surface area contributed by atoms with E-state index in [0.717, 1.165) is 12.3 Å². The topological polar surface area (TPSA) is 59.3 Å². The van der Waals surface area contributed by atoms with Crippen LogP contribution < -0.4 is 5.32 Å². The van der Waals surface area contributed by atoms with E-state index in [0.29, 0.717) is 12.3 Å². The Morgan fingerprint density at radius 1 is 1.15 bits per heavy atom. The van der Waals surface area contributed by atoms with Crippen LogP contribution in [-0.4, -0.2) is 15.0 Å². The van der Waals surface area contributed by atoms with E-state index in [1.807, 2.05) is 6.92 Å². The molecule has 0 saturated carbocycles. The molecule has 0 aliphatic heterocycles. The number of hydrogen-bond acceptors (Lipinski definition) is 4. The van der Waals surface area contributed by atoms with Crippen LogP contribution in [0.4, 0.5) is 0 Å². The highest BCUT2D eigenvalue weighted by Gasteiger charge is 2.20. The maximum atomic E-state index is 12.3. The first-order valence-electron chi connectivity index (χ1n) is 6.28. The minimum Gasteiger partial charge on any atom is -0.464 e. The van der Waals surface area contributed by atoms with E-state index in [4.69, 9.17) is 16.0 Å². The molecular weight excluding hydrogens is 298 g/mol. The molecule has 2 aromatic rings. The number of nitrogens with one attached hydrogen (secondary N) is 1. The molecule has 0 spiro atoms. The lowest BCUT2D eigenvalue weighted by molar-refractivity contribution is 0.459. The van der Waals surface area contributed by atoms with Crippen molar-refractivity contribution < 1.29 is 12.8 Å². The summed E-state index contributed by atoms with van der Waals surface area (Å²) in [7, 11) is -3.50. The number of furan rings is 1. The number of halogens is 1. The van der Waals surface area contributed by atoms with E-state index >= 15 is 0 Å². The number of rotatable bonds is 6. The van der Waals surface area contributed by atoms with Gasteiger partial charge in [-0.15, -0.1) is 0 Å². The largest absolute Gasteiger partial charge is 0.464 e. The molecule has 0 bridgehead atoms. The molecule has 0 unspecified atom stereocenters. The van der Waals surface area contributed by atoms with E-state index in [1.54, 1.807) is 30.3 Å². The fourth-order valence-corrected chi connectivity index (χ4v) is 3.63. The lowest BCUT2D eigenvalue weighted by Gasteiger charge is -2.04. The Labute approximate surface area is 123 Å². The molecule has 0 atom stereocenters. The minimum absolute atomic E-state index is 0.131. The van der Waals surface area contributed by atoms with Gasteiger partial charge in [0.15, 0.2) is 9.84 Å². The lowest BCUT2D eigenvalue weighted by atomic mass is 10.4. The molecule has 20 heavy (non-hydrogen) atoms. The molecule has 6 heteroatoms. The molecule has 2 rings (SSSR count). The van der Waals surface area contributed by atoms with Gasteiger partial charge in [-0.3, -0.25) is 0 Å². The van der Waals surface area contributed by atoms with Crippen LogP contribution in [0.3, 0.4) is 0 Å². The summed E-state index contributed by atoms with van der Waals surface area (Å²) in [6.07, 6.45) is 0. The molecule has 1 heterocycles. The third-order valence-corrected chi connectivity index (χ3v) is 4.90. The van der Waals surface area contributed by atoms with Gasteiger partial charge in [-0.2, -0.15) is 0 Å². The average Bonchev–Trinajstić information content (AvgIpc) is 2.83. The van der Waals surface area contributed by atoms with Gasteiger partial charge < -0.3 is 9.73 Å². The van der Waals surface area contributed by atoms with Gasteiger partial charge in [0.05, 0.1) is 16.5 Å². The van der Waals surface area contributed by atoms with Crippen LogP contribution in [0.5, 0.6) is 0 Å². The molecule has 1 aromatic heterocycles. The van der Waals surface area contributed by atoms with Gasteiger partial charge in [0.2, 0.25) is 0 Å². The van der Waals surface area contributed by atoms with Gasteiger partial charge in [0, 0.05) is 0 Å². The monoisotopic (exact) mass is 313 g/mol. The van der Waals surface area contributed by atoms with Crippen molar-refractivity contribution in [2.24, 2.45) is 0 Å². The number of hydrogen-bond donors (Lipinski definition) is 1. The summed E-state index contributed by atoms with van der Waals surface area (Å²) < 4.78 is 30.1. The fourth-order valence-electron chi connectivity index (χ4n) is 1.81. The standard InChI is InChI=1S/C14H16ClNO3S/c1-2-16-9-11-7-8-12(19-11)10-20(17,18)14-6-4-3-5-13(14)15/h3-8,16H,2,9-10H2,1H3. The van der Waals surface area contributed by atoms with Gasteiger partial charge in [0.25, 0.3) is 0 Å². The second-order valence-corrected chi connectivity index (χ2v) is 6.70. The summed E-state index contributed by atoms with van der Waals surface area (Å²) in [5.74, 6) is 0.942. The van der Waals surface area contributed by atoms with Crippen LogP contribution in [0.1, 0.15) is 18.4 Å². The van der Waals surface area contributed by atoms with Gasteiger partial charge in [-0.25, -0.2) is 8.42 Å². The van der Waals surface area contributed by atoms with E-state index in [9.17, 15) is 8.42 Å². The Bertz CT molecular complexity index is 679. The molecule has 0 aliphatic carbocycles. The predicted octanol–water partition coefficient (Wildman–Crippen LogP) is 3.02. The first kappa shape index (κ1) is 15.1. The number of sulfone groups is 1. The van der Waals surface area contributed by atoms with Gasteiger partial charge in [-0.05, 0) is 30.8 Å². The molecule has 4 nitrogen and oxygen atoms in total. The van der Waals surface area contributed by atoms with Crippen molar-refractivity contribution >= 4 is 21.4 Å². The predicted molar refractivity (Wildman–Crippen MR) is 78.4 cm³/mol. The molecule has 1 aromatic carbocycles. The van der Waals surface area contributed by atoms with Crippen molar-refractivity contribution in [3.8, 4) is 0 Å². The summed E-state index contributed by atoms with van der Waals surface area (Å²) in [4.78, 5) is 0.131. The van der Waals surface area contributed by atoms with Crippen molar-refractivity contribution in [2.45, 2.75) is 24.1 Å². The van der Waals surface area contributed by atoms with Crippen molar-refractivity contribution in [3.63, 3.8) is 0 Å². The van der Waals surface area contributed by atoms with Crippen molar-refractivity contribution in [3.05, 3.63) is 52.9 Å². The minimum atomic E-state index is -3.50. The van der Waals surface area contributed by atoms with Crippen LogP contribution in [0.15, 0.2) is 45.7 Å². The zero-order valence-corrected chi connectivity index (χ0v) is 12.7. The maximum Gasteiger partial charge on any atom is 0.187 e. The molecule has 0 saturated heterocycles. The Morgan fingerprint density at radius 3 is 2.55 bits per heavy atom. The second kappa shape index (κ2) is 6.43. The third kappa shape index (κ3) is 3.62.